The minimum Gasteiger partial charge on any atom is -0.543 e. The number of carbonyl (C=O) groups excluding carboxylic acids is 3. The number of aliphatic carboxylic acids is 1. The van der Waals surface area contributed by atoms with Crippen LogP contribution in [-0.2, 0) is 38.6 Å². The molecule has 1 fully saturated rings. The molecule has 1 saturated heterocycles. The van der Waals surface area contributed by atoms with Gasteiger partial charge >= 0.3 is 0 Å². The summed E-state index contributed by atoms with van der Waals surface area (Å²) in [5, 5.41) is 19.8. The fourth-order valence-corrected chi connectivity index (χ4v) is 6.71. The van der Waals surface area contributed by atoms with Gasteiger partial charge in [-0.3, -0.25) is 14.5 Å². The lowest BCUT2D eigenvalue weighted by molar-refractivity contribution is -0.697. The van der Waals surface area contributed by atoms with Crippen LogP contribution in [0.5, 0.6) is 0 Å². The third kappa shape index (κ3) is 4.32. The molecular formula is C23H24N6O5S2. The molecule has 2 aliphatic heterocycles. The van der Waals surface area contributed by atoms with Crippen molar-refractivity contribution < 1.29 is 28.9 Å². The van der Waals surface area contributed by atoms with Gasteiger partial charge in [-0.15, -0.1) is 23.1 Å². The first-order valence-electron chi connectivity index (χ1n) is 11.4. The van der Waals surface area contributed by atoms with Crippen molar-refractivity contribution in [1.29, 1.82) is 0 Å². The van der Waals surface area contributed by atoms with Crippen molar-refractivity contribution in [2.24, 2.45) is 5.16 Å². The highest BCUT2D eigenvalue weighted by Gasteiger charge is 2.53. The Morgan fingerprint density at radius 1 is 1.39 bits per heavy atom. The molecule has 188 valence electrons. The van der Waals surface area contributed by atoms with E-state index in [1.165, 1.54) is 35.0 Å². The van der Waals surface area contributed by atoms with Gasteiger partial charge in [0, 0.05) is 34.8 Å². The number of nitrogen functional groups attached to an aromatic ring is 1. The van der Waals surface area contributed by atoms with Crippen LogP contribution in [0.2, 0.25) is 0 Å². The van der Waals surface area contributed by atoms with E-state index >= 15 is 0 Å². The number of hydrogen-bond donors (Lipinski definition) is 2. The number of pyridine rings is 1. The van der Waals surface area contributed by atoms with E-state index in [-0.39, 0.29) is 22.2 Å². The second-order valence-electron chi connectivity index (χ2n) is 8.61. The number of carboxylic acid groups (broad SMARTS) is 1. The van der Waals surface area contributed by atoms with Gasteiger partial charge in [0.1, 0.15) is 24.2 Å². The van der Waals surface area contributed by atoms with Crippen molar-refractivity contribution in [2.75, 3.05) is 18.6 Å². The predicted molar refractivity (Wildman–Crippen MR) is 130 cm³/mol. The molecule has 3 aliphatic rings. The summed E-state index contributed by atoms with van der Waals surface area (Å²) < 4.78 is 2.07. The van der Waals surface area contributed by atoms with E-state index in [1.807, 2.05) is 12.3 Å². The first kappa shape index (κ1) is 24.3. The third-order valence-corrected chi connectivity index (χ3v) is 8.45. The third-order valence-electron chi connectivity index (χ3n) is 6.44. The molecule has 36 heavy (non-hydrogen) atoms. The monoisotopic (exact) mass is 528 g/mol. The zero-order valence-electron chi connectivity index (χ0n) is 19.4. The maximum atomic E-state index is 13.1. The number of aryl methyl sites for hydroxylation is 1. The fourth-order valence-electron chi connectivity index (χ4n) is 4.82. The van der Waals surface area contributed by atoms with E-state index in [1.54, 1.807) is 5.38 Å². The van der Waals surface area contributed by atoms with Crippen molar-refractivity contribution in [3.8, 4) is 0 Å². The Kier molecular flexibility index (Phi) is 6.67. The number of β-lactam (4-membered cyclic amide) rings is 1. The Bertz CT molecular complexity index is 1310. The number of nitrogens with two attached hydrogens (primary N) is 1. The first-order valence-corrected chi connectivity index (χ1v) is 13.3. The molecule has 0 aromatic carbocycles. The van der Waals surface area contributed by atoms with Gasteiger partial charge in [-0.05, 0) is 25.3 Å². The van der Waals surface area contributed by atoms with Gasteiger partial charge in [-0.1, -0.05) is 5.16 Å². The Labute approximate surface area is 215 Å². The molecule has 2 amide bonds. The molecule has 2 aromatic rings. The zero-order chi connectivity index (χ0) is 25.4. The number of anilines is 1. The number of oxime groups is 1. The number of hydrogen-bond acceptors (Lipinski definition) is 10. The Morgan fingerprint density at radius 2 is 2.19 bits per heavy atom. The smallest absolute Gasteiger partial charge is 0.276 e. The van der Waals surface area contributed by atoms with Crippen LogP contribution >= 0.6 is 23.1 Å². The largest absolute Gasteiger partial charge is 0.543 e. The summed E-state index contributed by atoms with van der Waals surface area (Å²) in [6.07, 6.45) is 6.13. The van der Waals surface area contributed by atoms with Gasteiger partial charge < -0.3 is 25.8 Å². The van der Waals surface area contributed by atoms with Gasteiger partial charge in [0.15, 0.2) is 29.3 Å². The summed E-state index contributed by atoms with van der Waals surface area (Å²) >= 11 is 2.54. The Balaban J connectivity index is 1.36. The van der Waals surface area contributed by atoms with Crippen LogP contribution in [0.15, 0.2) is 40.1 Å². The molecule has 4 heterocycles. The van der Waals surface area contributed by atoms with Crippen LogP contribution in [-0.4, -0.2) is 57.7 Å². The molecule has 0 saturated carbocycles. The SMILES string of the molecule is CO/N=C(/C(=O)NC1C(=O)N2C(C(=O)[O-])=C(C[n+]3cccc4c3CCCC4)CS[C@H]12)c1csc(N)n1. The van der Waals surface area contributed by atoms with Crippen molar-refractivity contribution in [3.63, 3.8) is 0 Å². The van der Waals surface area contributed by atoms with E-state index in [4.69, 9.17) is 10.6 Å². The number of nitrogens with zero attached hydrogens (tertiary/aromatic N) is 4. The van der Waals surface area contributed by atoms with E-state index in [0.29, 0.717) is 17.9 Å². The molecule has 2 aromatic heterocycles. The highest BCUT2D eigenvalue weighted by atomic mass is 32.2. The second kappa shape index (κ2) is 9.90. The molecule has 1 aliphatic carbocycles. The average Bonchev–Trinajstić information content (AvgIpc) is 3.31. The Morgan fingerprint density at radius 3 is 2.92 bits per heavy atom. The normalized spacial score (nSPS) is 21.4. The quantitative estimate of drug-likeness (QED) is 0.208. The minimum atomic E-state index is -1.40. The maximum Gasteiger partial charge on any atom is 0.276 e. The molecule has 0 radical (unpaired) electrons. The van der Waals surface area contributed by atoms with Crippen molar-refractivity contribution in [1.82, 2.24) is 15.2 Å². The highest BCUT2D eigenvalue weighted by molar-refractivity contribution is 8.00. The number of amides is 2. The maximum absolute atomic E-state index is 13.1. The topological polar surface area (TPSA) is 154 Å². The van der Waals surface area contributed by atoms with Gasteiger partial charge in [0.25, 0.3) is 11.8 Å². The first-order chi connectivity index (χ1) is 17.4. The Hall–Kier alpha value is -3.45. The molecule has 1 unspecified atom stereocenters. The number of nitrogens with one attached hydrogen (secondary N) is 1. The molecule has 2 atom stereocenters. The van der Waals surface area contributed by atoms with Crippen LogP contribution in [0, 0.1) is 0 Å². The van der Waals surface area contributed by atoms with Crippen LogP contribution in [0.1, 0.15) is 29.8 Å². The van der Waals surface area contributed by atoms with E-state index in [0.717, 1.165) is 37.0 Å². The van der Waals surface area contributed by atoms with Gasteiger partial charge in [-0.2, -0.15) is 4.57 Å². The van der Waals surface area contributed by atoms with Crippen LogP contribution in [0.4, 0.5) is 5.13 Å². The number of thiazole rings is 1. The predicted octanol–water partition coefficient (Wildman–Crippen LogP) is -0.654. The van der Waals surface area contributed by atoms with Gasteiger partial charge in [0.2, 0.25) is 0 Å². The van der Waals surface area contributed by atoms with Crippen LogP contribution < -0.4 is 20.7 Å². The number of aromatic nitrogens is 2. The minimum absolute atomic E-state index is 0.117. The number of fused-ring (bicyclic) bond motifs is 2. The standard InChI is InChI=1S/C23H24N6O5S2/c1-34-27-16(14-11-36-23(24)25-14)19(30)26-17-20(31)29-18(22(32)33)13(10-35-21(17)29)9-28-8-4-6-12-5-2-3-7-15(12)28/h4,6,8,11,17,21H,2-3,5,7,9-10H2,1H3,(H3-,24,25,26,30,32,33)/b27-16+/t17?,21-/m1/s1. The van der Waals surface area contributed by atoms with Crippen molar-refractivity contribution in [3.05, 3.63) is 51.9 Å². The fraction of sp³-hybridized carbons (Fsp3) is 0.391. The zero-order valence-corrected chi connectivity index (χ0v) is 21.1. The number of carbonyl (C=O) groups is 3. The molecule has 11 nitrogen and oxygen atoms in total. The van der Waals surface area contributed by atoms with Crippen molar-refractivity contribution in [2.45, 2.75) is 43.6 Å². The van der Waals surface area contributed by atoms with Gasteiger partial charge in [-0.25, -0.2) is 4.98 Å². The summed E-state index contributed by atoms with van der Waals surface area (Å²) in [5.74, 6) is -2.20. The van der Waals surface area contributed by atoms with E-state index < -0.39 is 29.2 Å². The highest BCUT2D eigenvalue weighted by Crippen LogP contribution is 2.40. The number of carboxylic acids is 1. The molecular weight excluding hydrogens is 504 g/mol. The van der Waals surface area contributed by atoms with Crippen molar-refractivity contribution >= 4 is 51.7 Å². The molecule has 0 spiro atoms. The van der Waals surface area contributed by atoms with Crippen LogP contribution in [0.3, 0.4) is 0 Å². The molecule has 3 N–H and O–H groups in total. The molecule has 5 rings (SSSR count). The van der Waals surface area contributed by atoms with E-state index in [2.05, 4.69) is 26.1 Å². The summed E-state index contributed by atoms with van der Waals surface area (Å²) in [6.45, 7) is 0.364. The lowest BCUT2D eigenvalue weighted by Crippen LogP contribution is -2.71. The summed E-state index contributed by atoms with van der Waals surface area (Å²) in [7, 11) is 1.29. The second-order valence-corrected chi connectivity index (χ2v) is 10.6. The van der Waals surface area contributed by atoms with E-state index in [9.17, 15) is 19.5 Å². The summed E-state index contributed by atoms with van der Waals surface area (Å²) in [6, 6.07) is 3.16. The summed E-state index contributed by atoms with van der Waals surface area (Å²) in [5.41, 5.74) is 8.72. The van der Waals surface area contributed by atoms with Gasteiger partial charge in [0.05, 0.1) is 11.7 Å². The molecule has 0 bridgehead atoms. The molecule has 13 heteroatoms. The van der Waals surface area contributed by atoms with Crippen LogP contribution in [0.25, 0.3) is 0 Å². The number of thioether (sulfide) groups is 1. The summed E-state index contributed by atoms with van der Waals surface area (Å²) in [4.78, 5) is 48.2. The number of rotatable bonds is 7. The lowest BCUT2D eigenvalue weighted by atomic mass is 9.95. The average molecular weight is 529 g/mol. The lowest BCUT2D eigenvalue weighted by Gasteiger charge is -2.50.